The van der Waals surface area contributed by atoms with Gasteiger partial charge < -0.3 is 15.5 Å². The topological polar surface area (TPSA) is 92.2 Å². The van der Waals surface area contributed by atoms with Gasteiger partial charge in [-0.2, -0.15) is 5.10 Å². The van der Waals surface area contributed by atoms with Crippen LogP contribution in [-0.4, -0.2) is 46.2 Å². The molecule has 2 amide bonds. The van der Waals surface area contributed by atoms with Crippen LogP contribution in [0.3, 0.4) is 0 Å². The van der Waals surface area contributed by atoms with E-state index in [0.717, 1.165) is 31.2 Å². The average Bonchev–Trinajstić information content (AvgIpc) is 3.40. The van der Waals surface area contributed by atoms with Crippen LogP contribution < -0.4 is 15.5 Å². The van der Waals surface area contributed by atoms with Gasteiger partial charge in [0.1, 0.15) is 5.82 Å². The Morgan fingerprint density at radius 2 is 2.22 bits per heavy atom. The van der Waals surface area contributed by atoms with Gasteiger partial charge in [-0.05, 0) is 43.2 Å². The lowest BCUT2D eigenvalue weighted by Crippen LogP contribution is -2.41. The van der Waals surface area contributed by atoms with Crippen LogP contribution in [0.15, 0.2) is 24.7 Å². The van der Waals surface area contributed by atoms with Crippen LogP contribution in [0, 0.1) is 5.92 Å². The van der Waals surface area contributed by atoms with Crippen molar-refractivity contribution in [2.24, 2.45) is 13.0 Å². The second-order valence-corrected chi connectivity index (χ2v) is 7.27. The van der Waals surface area contributed by atoms with E-state index in [2.05, 4.69) is 20.7 Å². The molecule has 8 heteroatoms. The Bertz CT molecular complexity index is 858. The summed E-state index contributed by atoms with van der Waals surface area (Å²) in [5.74, 6) is 1.11. The van der Waals surface area contributed by atoms with Crippen molar-refractivity contribution < 1.29 is 9.59 Å². The molecule has 1 fully saturated rings. The molecule has 1 aliphatic heterocycles. The van der Waals surface area contributed by atoms with Crippen molar-refractivity contribution in [1.82, 2.24) is 20.1 Å². The van der Waals surface area contributed by atoms with Gasteiger partial charge in [0.25, 0.3) is 5.91 Å². The summed E-state index contributed by atoms with van der Waals surface area (Å²) in [6, 6.07) is 1.77. The van der Waals surface area contributed by atoms with Gasteiger partial charge >= 0.3 is 0 Å². The maximum absolute atomic E-state index is 12.5. The number of anilines is 2. The van der Waals surface area contributed by atoms with Crippen LogP contribution in [0.25, 0.3) is 0 Å². The van der Waals surface area contributed by atoms with Crippen molar-refractivity contribution in [3.8, 4) is 0 Å². The molecule has 2 aromatic heterocycles. The van der Waals surface area contributed by atoms with Gasteiger partial charge in [-0.1, -0.05) is 0 Å². The van der Waals surface area contributed by atoms with Gasteiger partial charge in [-0.25, -0.2) is 4.98 Å². The van der Waals surface area contributed by atoms with Crippen molar-refractivity contribution in [1.29, 1.82) is 0 Å². The van der Waals surface area contributed by atoms with Crippen molar-refractivity contribution in [2.45, 2.75) is 25.7 Å². The molecule has 0 bridgehead atoms. The molecule has 2 aliphatic rings. The zero-order valence-corrected chi connectivity index (χ0v) is 15.4. The molecular weight excluding hydrogens is 344 g/mol. The van der Waals surface area contributed by atoms with Crippen LogP contribution in [0.4, 0.5) is 11.5 Å². The SMILES string of the molecule is Cn1cc(CCCNC(=O)c2cnc3c(c2)N(CC2CC2)C(=O)CN3)cn1. The van der Waals surface area contributed by atoms with Crippen LogP contribution in [0.1, 0.15) is 35.2 Å². The molecule has 0 spiro atoms. The predicted octanol–water partition coefficient (Wildman–Crippen LogP) is 1.35. The number of nitrogens with zero attached hydrogens (tertiary/aromatic N) is 4. The van der Waals surface area contributed by atoms with Gasteiger partial charge in [-0.3, -0.25) is 14.3 Å². The van der Waals surface area contributed by atoms with Gasteiger partial charge in [0.15, 0.2) is 0 Å². The summed E-state index contributed by atoms with van der Waals surface area (Å²) in [6.07, 6.45) is 9.41. The summed E-state index contributed by atoms with van der Waals surface area (Å²) >= 11 is 0. The van der Waals surface area contributed by atoms with Crippen molar-refractivity contribution >= 4 is 23.3 Å². The number of aromatic nitrogens is 3. The van der Waals surface area contributed by atoms with Gasteiger partial charge in [0.05, 0.1) is 24.0 Å². The quantitative estimate of drug-likeness (QED) is 0.720. The number of rotatable bonds is 7. The number of carbonyl (C=O) groups excluding carboxylic acids is 2. The van der Waals surface area contributed by atoms with Gasteiger partial charge in [-0.15, -0.1) is 0 Å². The number of amides is 2. The molecule has 0 unspecified atom stereocenters. The molecule has 2 aromatic rings. The number of hydrogen-bond acceptors (Lipinski definition) is 5. The third-order valence-electron chi connectivity index (χ3n) is 4.95. The smallest absolute Gasteiger partial charge is 0.252 e. The largest absolute Gasteiger partial charge is 0.359 e. The minimum atomic E-state index is -0.166. The average molecular weight is 368 g/mol. The number of aryl methyl sites for hydroxylation is 2. The molecule has 0 radical (unpaired) electrons. The van der Waals surface area contributed by atoms with E-state index < -0.39 is 0 Å². The highest BCUT2D eigenvalue weighted by Gasteiger charge is 2.32. The number of nitrogens with one attached hydrogen (secondary N) is 2. The first kappa shape index (κ1) is 17.5. The van der Waals surface area contributed by atoms with Crippen LogP contribution in [0.5, 0.6) is 0 Å². The van der Waals surface area contributed by atoms with Gasteiger partial charge in [0.2, 0.25) is 5.91 Å². The van der Waals surface area contributed by atoms with E-state index in [1.54, 1.807) is 21.8 Å². The molecule has 8 nitrogen and oxygen atoms in total. The summed E-state index contributed by atoms with van der Waals surface area (Å²) in [5, 5.41) is 10.1. The lowest BCUT2D eigenvalue weighted by molar-refractivity contribution is -0.117. The van der Waals surface area contributed by atoms with E-state index in [4.69, 9.17) is 0 Å². The van der Waals surface area contributed by atoms with Crippen molar-refractivity contribution in [2.75, 3.05) is 29.9 Å². The third-order valence-corrected chi connectivity index (χ3v) is 4.95. The second kappa shape index (κ2) is 7.38. The maximum Gasteiger partial charge on any atom is 0.252 e. The lowest BCUT2D eigenvalue weighted by atomic mass is 10.1. The minimum Gasteiger partial charge on any atom is -0.359 e. The summed E-state index contributed by atoms with van der Waals surface area (Å²) in [6.45, 7) is 1.55. The summed E-state index contributed by atoms with van der Waals surface area (Å²) in [5.41, 5.74) is 2.34. The number of carbonyl (C=O) groups is 2. The van der Waals surface area contributed by atoms with E-state index in [1.165, 1.54) is 0 Å². The highest BCUT2D eigenvalue weighted by molar-refractivity contribution is 6.04. The minimum absolute atomic E-state index is 0.0326. The Kier molecular flexibility index (Phi) is 4.79. The number of pyridine rings is 1. The highest BCUT2D eigenvalue weighted by Crippen LogP contribution is 2.35. The Hall–Kier alpha value is -2.90. The van der Waals surface area contributed by atoms with Gasteiger partial charge in [0, 0.05) is 32.5 Å². The molecule has 0 saturated heterocycles. The Morgan fingerprint density at radius 1 is 1.37 bits per heavy atom. The molecule has 27 heavy (non-hydrogen) atoms. The second-order valence-electron chi connectivity index (χ2n) is 7.27. The van der Waals surface area contributed by atoms with Crippen LogP contribution >= 0.6 is 0 Å². The fraction of sp³-hybridized carbons (Fsp3) is 0.474. The first-order valence-corrected chi connectivity index (χ1v) is 9.40. The van der Waals surface area contributed by atoms with Crippen LogP contribution in [0.2, 0.25) is 0 Å². The Balaban J connectivity index is 1.37. The molecule has 0 atom stereocenters. The molecule has 4 rings (SSSR count). The maximum atomic E-state index is 12.5. The standard InChI is InChI=1S/C19H24N6O2/c1-24-11-14(8-23-24)3-2-6-20-19(27)15-7-16-18(21-9-15)22-10-17(26)25(16)12-13-4-5-13/h7-9,11,13H,2-6,10,12H2,1H3,(H,20,27)(H,21,22). The molecule has 0 aromatic carbocycles. The Morgan fingerprint density at radius 3 is 2.96 bits per heavy atom. The number of hydrogen-bond donors (Lipinski definition) is 2. The summed E-state index contributed by atoms with van der Waals surface area (Å²) in [7, 11) is 1.89. The summed E-state index contributed by atoms with van der Waals surface area (Å²) in [4.78, 5) is 30.9. The van der Waals surface area contributed by atoms with Crippen molar-refractivity contribution in [3.63, 3.8) is 0 Å². The lowest BCUT2D eigenvalue weighted by Gasteiger charge is -2.29. The molecule has 3 heterocycles. The van der Waals surface area contributed by atoms with Crippen molar-refractivity contribution in [3.05, 3.63) is 35.8 Å². The molecule has 2 N–H and O–H groups in total. The summed E-state index contributed by atoms with van der Waals surface area (Å²) < 4.78 is 1.77. The molecule has 1 saturated carbocycles. The fourth-order valence-electron chi connectivity index (χ4n) is 3.26. The normalized spacial score (nSPS) is 16.0. The van der Waals surface area contributed by atoms with Crippen LogP contribution in [-0.2, 0) is 18.3 Å². The van der Waals surface area contributed by atoms with E-state index in [1.807, 2.05) is 19.4 Å². The third kappa shape index (κ3) is 4.10. The fourth-order valence-corrected chi connectivity index (χ4v) is 3.26. The monoisotopic (exact) mass is 368 g/mol. The highest BCUT2D eigenvalue weighted by atomic mass is 16.2. The predicted molar refractivity (Wildman–Crippen MR) is 102 cm³/mol. The van der Waals surface area contributed by atoms with E-state index in [0.29, 0.717) is 36.1 Å². The number of fused-ring (bicyclic) bond motifs is 1. The van der Waals surface area contributed by atoms with E-state index in [9.17, 15) is 9.59 Å². The molecule has 1 aliphatic carbocycles. The molecule has 142 valence electrons. The van der Waals surface area contributed by atoms with E-state index >= 15 is 0 Å². The first-order chi connectivity index (χ1) is 13.1. The zero-order chi connectivity index (χ0) is 18.8. The Labute approximate surface area is 158 Å². The first-order valence-electron chi connectivity index (χ1n) is 9.40. The molecular formula is C19H24N6O2. The zero-order valence-electron chi connectivity index (χ0n) is 15.4. The van der Waals surface area contributed by atoms with E-state index in [-0.39, 0.29) is 18.4 Å².